The van der Waals surface area contributed by atoms with Crippen LogP contribution in [-0.4, -0.2) is 31.2 Å². The van der Waals surface area contributed by atoms with Crippen LogP contribution in [0.4, 0.5) is 0 Å². The second-order valence-corrected chi connectivity index (χ2v) is 3.61. The molecule has 0 aromatic carbocycles. The fourth-order valence-electron chi connectivity index (χ4n) is 1.94. The fraction of sp³-hybridized carbons (Fsp3) is 0.889. The highest BCUT2D eigenvalue weighted by molar-refractivity contribution is 5.80. The normalized spacial score (nSPS) is 29.2. The molecule has 1 spiro atoms. The third-order valence-corrected chi connectivity index (χ3v) is 2.71. The number of ether oxygens (including phenoxy) is 2. The summed E-state index contributed by atoms with van der Waals surface area (Å²) < 4.78 is 10.9. The zero-order chi connectivity index (χ0) is 8.44. The van der Waals surface area contributed by atoms with Gasteiger partial charge >= 0.3 is 0 Å². The number of carbonyl (C=O) groups is 1. The SMILES string of the molecule is O=C1CCOC2(CCOCC2)C1. The van der Waals surface area contributed by atoms with Gasteiger partial charge in [-0.25, -0.2) is 0 Å². The lowest BCUT2D eigenvalue weighted by Gasteiger charge is -2.39. The first kappa shape index (κ1) is 8.20. The Morgan fingerprint density at radius 3 is 2.58 bits per heavy atom. The molecular formula is C9H14O3. The van der Waals surface area contributed by atoms with Gasteiger partial charge in [0.2, 0.25) is 0 Å². The van der Waals surface area contributed by atoms with Gasteiger partial charge < -0.3 is 9.47 Å². The Morgan fingerprint density at radius 2 is 1.92 bits per heavy atom. The lowest BCUT2D eigenvalue weighted by Crippen LogP contribution is -2.44. The molecule has 0 aliphatic carbocycles. The molecule has 0 atom stereocenters. The first-order chi connectivity index (χ1) is 5.81. The maximum absolute atomic E-state index is 11.2. The Kier molecular flexibility index (Phi) is 2.15. The molecule has 0 amide bonds. The minimum Gasteiger partial charge on any atom is -0.381 e. The van der Waals surface area contributed by atoms with E-state index in [4.69, 9.17) is 9.47 Å². The van der Waals surface area contributed by atoms with Crippen LogP contribution in [0.3, 0.4) is 0 Å². The molecule has 2 fully saturated rings. The predicted octanol–water partition coefficient (Wildman–Crippen LogP) is 0.915. The summed E-state index contributed by atoms with van der Waals surface area (Å²) in [7, 11) is 0. The smallest absolute Gasteiger partial charge is 0.138 e. The fourth-order valence-corrected chi connectivity index (χ4v) is 1.94. The summed E-state index contributed by atoms with van der Waals surface area (Å²) in [5.41, 5.74) is -0.145. The number of carbonyl (C=O) groups excluding carboxylic acids is 1. The van der Waals surface area contributed by atoms with E-state index in [1.807, 2.05) is 0 Å². The molecule has 0 aromatic heterocycles. The van der Waals surface area contributed by atoms with Crippen molar-refractivity contribution in [3.05, 3.63) is 0 Å². The van der Waals surface area contributed by atoms with Gasteiger partial charge in [0.05, 0.1) is 12.2 Å². The molecule has 3 heteroatoms. The molecule has 3 nitrogen and oxygen atoms in total. The van der Waals surface area contributed by atoms with E-state index in [0.717, 1.165) is 26.1 Å². The van der Waals surface area contributed by atoms with E-state index >= 15 is 0 Å². The molecule has 0 unspecified atom stereocenters. The summed E-state index contributed by atoms with van der Waals surface area (Å²) >= 11 is 0. The highest BCUT2D eigenvalue weighted by atomic mass is 16.5. The quantitative estimate of drug-likeness (QED) is 0.542. The Bertz CT molecular complexity index is 177. The van der Waals surface area contributed by atoms with Crippen LogP contribution in [0.1, 0.15) is 25.7 Å². The van der Waals surface area contributed by atoms with Crippen molar-refractivity contribution in [3.8, 4) is 0 Å². The zero-order valence-electron chi connectivity index (χ0n) is 7.17. The second-order valence-electron chi connectivity index (χ2n) is 3.61. The van der Waals surface area contributed by atoms with E-state index in [1.54, 1.807) is 0 Å². The second kappa shape index (κ2) is 3.15. The Hall–Kier alpha value is -0.410. The zero-order valence-corrected chi connectivity index (χ0v) is 7.17. The molecule has 2 aliphatic rings. The van der Waals surface area contributed by atoms with Gasteiger partial charge in [0.25, 0.3) is 0 Å². The van der Waals surface area contributed by atoms with Gasteiger partial charge in [-0.1, -0.05) is 0 Å². The molecule has 2 saturated heterocycles. The van der Waals surface area contributed by atoms with Gasteiger partial charge in [-0.3, -0.25) is 4.79 Å². The summed E-state index contributed by atoms with van der Waals surface area (Å²) in [6.07, 6.45) is 2.98. The highest BCUT2D eigenvalue weighted by Gasteiger charge is 2.38. The van der Waals surface area contributed by atoms with E-state index in [9.17, 15) is 4.79 Å². The monoisotopic (exact) mass is 170 g/mol. The van der Waals surface area contributed by atoms with Crippen LogP contribution in [0, 0.1) is 0 Å². The van der Waals surface area contributed by atoms with Crippen molar-refractivity contribution < 1.29 is 14.3 Å². The third-order valence-electron chi connectivity index (χ3n) is 2.71. The third kappa shape index (κ3) is 1.52. The van der Waals surface area contributed by atoms with Gasteiger partial charge in [-0.05, 0) is 0 Å². The lowest BCUT2D eigenvalue weighted by molar-refractivity contribution is -0.155. The molecule has 68 valence electrons. The maximum Gasteiger partial charge on any atom is 0.138 e. The summed E-state index contributed by atoms with van der Waals surface area (Å²) in [4.78, 5) is 11.2. The van der Waals surface area contributed by atoms with Crippen LogP contribution in [0.5, 0.6) is 0 Å². The molecular weight excluding hydrogens is 156 g/mol. The van der Waals surface area contributed by atoms with Crippen LogP contribution in [0.2, 0.25) is 0 Å². The predicted molar refractivity (Wildman–Crippen MR) is 43.0 cm³/mol. The summed E-state index contributed by atoms with van der Waals surface area (Å²) in [5, 5.41) is 0. The van der Waals surface area contributed by atoms with Gasteiger partial charge in [0.1, 0.15) is 5.78 Å². The van der Waals surface area contributed by atoms with Crippen molar-refractivity contribution in [2.75, 3.05) is 19.8 Å². The molecule has 2 rings (SSSR count). The Morgan fingerprint density at radius 1 is 1.17 bits per heavy atom. The van der Waals surface area contributed by atoms with E-state index in [0.29, 0.717) is 25.2 Å². The average Bonchev–Trinajstić information content (AvgIpc) is 2.05. The Labute approximate surface area is 72.0 Å². The topological polar surface area (TPSA) is 35.5 Å². The molecule has 0 bridgehead atoms. The van der Waals surface area contributed by atoms with E-state index < -0.39 is 0 Å². The minimum atomic E-state index is -0.145. The number of Topliss-reactive ketones (excluding diaryl/α,β-unsaturated/α-hetero) is 1. The standard InChI is InChI=1S/C9H14O3/c10-8-1-4-12-9(7-8)2-5-11-6-3-9/h1-7H2. The van der Waals surface area contributed by atoms with E-state index in [1.165, 1.54) is 0 Å². The van der Waals surface area contributed by atoms with E-state index in [2.05, 4.69) is 0 Å². The molecule has 12 heavy (non-hydrogen) atoms. The van der Waals surface area contributed by atoms with Crippen LogP contribution in [-0.2, 0) is 14.3 Å². The van der Waals surface area contributed by atoms with Crippen molar-refractivity contribution in [1.29, 1.82) is 0 Å². The molecule has 2 heterocycles. The number of hydrogen-bond donors (Lipinski definition) is 0. The number of ketones is 1. The first-order valence-electron chi connectivity index (χ1n) is 4.54. The van der Waals surface area contributed by atoms with Crippen LogP contribution < -0.4 is 0 Å². The number of rotatable bonds is 0. The van der Waals surface area contributed by atoms with Gasteiger partial charge in [0.15, 0.2) is 0 Å². The van der Waals surface area contributed by atoms with Gasteiger partial charge in [0, 0.05) is 38.9 Å². The maximum atomic E-state index is 11.2. The molecule has 2 aliphatic heterocycles. The van der Waals surface area contributed by atoms with Crippen LogP contribution in [0.25, 0.3) is 0 Å². The van der Waals surface area contributed by atoms with Gasteiger partial charge in [-0.15, -0.1) is 0 Å². The number of hydrogen-bond acceptors (Lipinski definition) is 3. The van der Waals surface area contributed by atoms with Crippen molar-refractivity contribution in [2.45, 2.75) is 31.3 Å². The first-order valence-corrected chi connectivity index (χ1v) is 4.54. The van der Waals surface area contributed by atoms with E-state index in [-0.39, 0.29) is 5.60 Å². The summed E-state index contributed by atoms with van der Waals surface area (Å²) in [6.45, 7) is 2.10. The average molecular weight is 170 g/mol. The molecule has 0 radical (unpaired) electrons. The molecule has 0 N–H and O–H groups in total. The van der Waals surface area contributed by atoms with Crippen molar-refractivity contribution >= 4 is 5.78 Å². The highest BCUT2D eigenvalue weighted by Crippen LogP contribution is 2.32. The summed E-state index contributed by atoms with van der Waals surface area (Å²) in [6, 6.07) is 0. The van der Waals surface area contributed by atoms with Crippen molar-refractivity contribution in [2.24, 2.45) is 0 Å². The van der Waals surface area contributed by atoms with Crippen molar-refractivity contribution in [1.82, 2.24) is 0 Å². The molecule has 0 aromatic rings. The van der Waals surface area contributed by atoms with Crippen LogP contribution >= 0.6 is 0 Å². The van der Waals surface area contributed by atoms with Crippen molar-refractivity contribution in [3.63, 3.8) is 0 Å². The largest absolute Gasteiger partial charge is 0.381 e. The lowest BCUT2D eigenvalue weighted by atomic mass is 9.86. The van der Waals surface area contributed by atoms with Gasteiger partial charge in [-0.2, -0.15) is 0 Å². The Balaban J connectivity index is 2.02. The summed E-state index contributed by atoms with van der Waals surface area (Å²) in [5.74, 6) is 0.350. The molecule has 0 saturated carbocycles. The minimum absolute atomic E-state index is 0.145. The van der Waals surface area contributed by atoms with Crippen LogP contribution in [0.15, 0.2) is 0 Å².